The predicted molar refractivity (Wildman–Crippen MR) is 140 cm³/mol. The van der Waals surface area contributed by atoms with Crippen molar-refractivity contribution in [3.8, 4) is 0 Å². The minimum atomic E-state index is -0.408. The molecule has 0 radical (unpaired) electrons. The Morgan fingerprint density at radius 2 is 1.22 bits per heavy atom. The molecule has 5 aromatic rings. The van der Waals surface area contributed by atoms with Gasteiger partial charge in [-0.25, -0.2) is 0 Å². The molecular weight excluding hydrogens is 470 g/mol. The number of amides is 3. The van der Waals surface area contributed by atoms with E-state index in [-0.39, 0.29) is 30.8 Å². The van der Waals surface area contributed by atoms with Gasteiger partial charge in [-0.2, -0.15) is 0 Å². The number of nitrogens with zero attached hydrogens (tertiary/aromatic N) is 3. The first-order chi connectivity index (χ1) is 17.9. The van der Waals surface area contributed by atoms with E-state index in [0.29, 0.717) is 41.6 Å². The van der Waals surface area contributed by atoms with Gasteiger partial charge in [0.2, 0.25) is 6.54 Å². The van der Waals surface area contributed by atoms with E-state index < -0.39 is 4.92 Å². The molecule has 0 N–H and O–H groups in total. The summed E-state index contributed by atoms with van der Waals surface area (Å²) in [7, 11) is 0. The fourth-order valence-electron chi connectivity index (χ4n) is 6.27. The Labute approximate surface area is 210 Å². The standard InChI is InChI=1S/C29H21N3O5/c1-2-11-31-28(34)21-9-6-18-16-4-3-15-14-30(12-13-32(36)37)27(33)20-8-5-17(24(16)23(15)20)19-7-10-22(29(31)35)26(21)25(18)19/h3-10H,2,11-14H2,1H3. The van der Waals surface area contributed by atoms with E-state index in [1.807, 2.05) is 49.4 Å². The van der Waals surface area contributed by atoms with Crippen LogP contribution in [0.25, 0.3) is 43.1 Å². The first-order valence-corrected chi connectivity index (χ1v) is 12.4. The second-order valence-corrected chi connectivity index (χ2v) is 9.80. The van der Waals surface area contributed by atoms with Crippen molar-refractivity contribution in [2.24, 2.45) is 0 Å². The van der Waals surface area contributed by atoms with E-state index in [2.05, 4.69) is 0 Å². The summed E-state index contributed by atoms with van der Waals surface area (Å²) < 4.78 is 0. The van der Waals surface area contributed by atoms with Crippen LogP contribution in [-0.2, 0) is 6.54 Å². The lowest BCUT2D eigenvalue weighted by atomic mass is 9.82. The zero-order chi connectivity index (χ0) is 25.6. The molecule has 7 rings (SSSR count). The van der Waals surface area contributed by atoms with Crippen LogP contribution in [0.4, 0.5) is 0 Å². The van der Waals surface area contributed by atoms with E-state index in [1.165, 1.54) is 9.80 Å². The summed E-state index contributed by atoms with van der Waals surface area (Å²) >= 11 is 0. The molecule has 8 nitrogen and oxygen atoms in total. The number of carbonyl (C=O) groups is 3. The lowest BCUT2D eigenvalue weighted by Crippen LogP contribution is -2.40. The third-order valence-electron chi connectivity index (χ3n) is 7.82. The second kappa shape index (κ2) is 7.46. The molecule has 0 bridgehead atoms. The minimum absolute atomic E-state index is 0.0566. The van der Waals surface area contributed by atoms with E-state index in [0.717, 1.165) is 43.3 Å². The molecule has 0 atom stereocenters. The van der Waals surface area contributed by atoms with Gasteiger partial charge in [0.25, 0.3) is 17.7 Å². The highest BCUT2D eigenvalue weighted by molar-refractivity contribution is 6.39. The highest BCUT2D eigenvalue weighted by Crippen LogP contribution is 2.46. The number of carbonyl (C=O) groups excluding carboxylic acids is 3. The largest absolute Gasteiger partial charge is 0.328 e. The normalized spacial score (nSPS) is 15.2. The molecule has 2 heterocycles. The molecule has 0 spiro atoms. The maximum atomic E-state index is 13.3. The van der Waals surface area contributed by atoms with Crippen LogP contribution in [-0.4, -0.2) is 52.1 Å². The zero-order valence-electron chi connectivity index (χ0n) is 20.0. The fraction of sp³-hybridized carbons (Fsp3) is 0.207. The van der Waals surface area contributed by atoms with Crippen LogP contribution in [0.5, 0.6) is 0 Å². The molecule has 0 aliphatic carbocycles. The number of rotatable bonds is 5. The van der Waals surface area contributed by atoms with E-state index in [4.69, 9.17) is 0 Å². The van der Waals surface area contributed by atoms with Crippen LogP contribution in [0.2, 0.25) is 0 Å². The van der Waals surface area contributed by atoms with Gasteiger partial charge in [0, 0.05) is 45.5 Å². The van der Waals surface area contributed by atoms with Gasteiger partial charge in [-0.3, -0.25) is 29.4 Å². The summed E-state index contributed by atoms with van der Waals surface area (Å²) in [5.41, 5.74) is 2.57. The number of hydrogen-bond acceptors (Lipinski definition) is 5. The fourth-order valence-corrected chi connectivity index (χ4v) is 6.27. The third-order valence-corrected chi connectivity index (χ3v) is 7.82. The summed E-state index contributed by atoms with van der Waals surface area (Å²) in [6, 6.07) is 15.2. The number of hydrogen-bond donors (Lipinski definition) is 0. The number of nitro groups is 1. The van der Waals surface area contributed by atoms with Gasteiger partial charge in [0.1, 0.15) is 0 Å². The predicted octanol–water partition coefficient (Wildman–Crippen LogP) is 4.98. The van der Waals surface area contributed by atoms with Crippen molar-refractivity contribution in [3.05, 3.63) is 80.9 Å². The SMILES string of the molecule is CCCN1C(=O)c2ccc3c4ccc5c6c(ccc(c7ccc(c2c37)C1=O)c64)C(=O)N(CC[N+](=O)[O-])C5. The maximum Gasteiger partial charge on any atom is 0.261 e. The molecule has 3 amide bonds. The lowest BCUT2D eigenvalue weighted by Gasteiger charge is -2.30. The first-order valence-electron chi connectivity index (χ1n) is 12.4. The Morgan fingerprint density at radius 3 is 1.76 bits per heavy atom. The molecule has 0 fully saturated rings. The van der Waals surface area contributed by atoms with Gasteiger partial charge >= 0.3 is 0 Å². The lowest BCUT2D eigenvalue weighted by molar-refractivity contribution is -0.479. The second-order valence-electron chi connectivity index (χ2n) is 9.80. The Hall–Kier alpha value is -4.59. The summed E-state index contributed by atoms with van der Waals surface area (Å²) in [5.74, 6) is -0.736. The van der Waals surface area contributed by atoms with Crippen LogP contribution in [0.15, 0.2) is 48.5 Å². The number of imide groups is 1. The molecule has 2 aliphatic heterocycles. The molecule has 2 aliphatic rings. The monoisotopic (exact) mass is 491 g/mol. The van der Waals surface area contributed by atoms with Crippen molar-refractivity contribution < 1.29 is 19.3 Å². The maximum absolute atomic E-state index is 13.3. The van der Waals surface area contributed by atoms with Crippen LogP contribution >= 0.6 is 0 Å². The smallest absolute Gasteiger partial charge is 0.261 e. The first kappa shape index (κ1) is 21.7. The van der Waals surface area contributed by atoms with Crippen molar-refractivity contribution in [2.75, 3.05) is 19.6 Å². The number of benzene rings is 5. The van der Waals surface area contributed by atoms with Crippen molar-refractivity contribution in [3.63, 3.8) is 0 Å². The van der Waals surface area contributed by atoms with Crippen molar-refractivity contribution in [2.45, 2.75) is 19.9 Å². The quantitative estimate of drug-likeness (QED) is 0.114. The van der Waals surface area contributed by atoms with Crippen molar-refractivity contribution in [1.29, 1.82) is 0 Å². The molecule has 182 valence electrons. The topological polar surface area (TPSA) is 101 Å². The Bertz CT molecular complexity index is 1810. The highest BCUT2D eigenvalue weighted by atomic mass is 16.6. The van der Waals surface area contributed by atoms with Gasteiger partial charge in [-0.1, -0.05) is 37.3 Å². The van der Waals surface area contributed by atoms with Gasteiger partial charge < -0.3 is 4.90 Å². The van der Waals surface area contributed by atoms with Crippen LogP contribution in [0.1, 0.15) is 50.0 Å². The van der Waals surface area contributed by atoms with E-state index in [9.17, 15) is 24.5 Å². The summed E-state index contributed by atoms with van der Waals surface area (Å²) in [4.78, 5) is 53.2. The summed E-state index contributed by atoms with van der Waals surface area (Å²) in [5, 5.41) is 18.1. The van der Waals surface area contributed by atoms with E-state index in [1.54, 1.807) is 6.07 Å². The molecule has 37 heavy (non-hydrogen) atoms. The highest BCUT2D eigenvalue weighted by Gasteiger charge is 2.34. The van der Waals surface area contributed by atoms with Gasteiger partial charge in [0.05, 0.1) is 6.54 Å². The van der Waals surface area contributed by atoms with Crippen molar-refractivity contribution in [1.82, 2.24) is 9.80 Å². The van der Waals surface area contributed by atoms with Crippen LogP contribution in [0, 0.1) is 10.1 Å². The van der Waals surface area contributed by atoms with Crippen molar-refractivity contribution >= 4 is 60.8 Å². The third kappa shape index (κ3) is 2.75. The Morgan fingerprint density at radius 1 is 0.703 bits per heavy atom. The van der Waals surface area contributed by atoms with Gasteiger partial charge in [-0.15, -0.1) is 0 Å². The molecule has 0 unspecified atom stereocenters. The zero-order valence-corrected chi connectivity index (χ0v) is 20.0. The average Bonchev–Trinajstić information content (AvgIpc) is 2.90. The molecule has 0 saturated carbocycles. The van der Waals surface area contributed by atoms with Gasteiger partial charge in [-0.05, 0) is 62.5 Å². The van der Waals surface area contributed by atoms with Crippen LogP contribution < -0.4 is 0 Å². The van der Waals surface area contributed by atoms with E-state index >= 15 is 0 Å². The minimum Gasteiger partial charge on any atom is -0.328 e. The Kier molecular flexibility index (Phi) is 4.37. The average molecular weight is 492 g/mol. The molecule has 0 saturated heterocycles. The molecule has 8 heteroatoms. The van der Waals surface area contributed by atoms with Gasteiger partial charge in [0.15, 0.2) is 0 Å². The molecule has 5 aromatic carbocycles. The molecule has 0 aromatic heterocycles. The van der Waals surface area contributed by atoms with Crippen LogP contribution in [0.3, 0.4) is 0 Å². The summed E-state index contributed by atoms with van der Waals surface area (Å²) in [6.45, 7) is 2.39. The molecular formula is C29H21N3O5. The number of fused-ring (bicyclic) bond motifs is 2. The Balaban J connectivity index is 1.53. The summed E-state index contributed by atoms with van der Waals surface area (Å²) in [6.07, 6.45) is 0.689.